The maximum absolute atomic E-state index is 13.8. The average molecular weight is 554 g/mol. The Labute approximate surface area is 208 Å². The summed E-state index contributed by atoms with van der Waals surface area (Å²) in [7, 11) is 1.57. The first-order chi connectivity index (χ1) is 15.1. The summed E-state index contributed by atoms with van der Waals surface area (Å²) in [5.74, 6) is 0.578. The molecule has 0 spiro atoms. The number of likely N-dealkylation sites (tertiary alicyclic amines) is 1. The van der Waals surface area contributed by atoms with Crippen LogP contribution in [0.25, 0.3) is 0 Å². The molecule has 7 heteroatoms. The number of guanidine groups is 1. The van der Waals surface area contributed by atoms with Crippen molar-refractivity contribution < 1.29 is 9.13 Å². The largest absolute Gasteiger partial charge is 0.380 e. The lowest BCUT2D eigenvalue weighted by Crippen LogP contribution is -2.48. The number of ether oxygens (including phenoxy) is 1. The van der Waals surface area contributed by atoms with Crippen molar-refractivity contribution in [1.29, 1.82) is 0 Å². The fraction of sp³-hybridized carbons (Fsp3) is 0.480. The van der Waals surface area contributed by atoms with Gasteiger partial charge in [-0.3, -0.25) is 4.90 Å². The van der Waals surface area contributed by atoms with E-state index >= 15 is 0 Å². The number of methoxy groups -OCH3 is 1. The molecule has 0 radical (unpaired) electrons. The van der Waals surface area contributed by atoms with E-state index in [0.29, 0.717) is 18.2 Å². The average Bonchev–Trinajstić information content (AvgIpc) is 2.76. The summed E-state index contributed by atoms with van der Waals surface area (Å²) in [5.41, 5.74) is 4.23. The first-order valence-electron chi connectivity index (χ1n) is 11.2. The van der Waals surface area contributed by atoms with Gasteiger partial charge < -0.3 is 15.4 Å². The second-order valence-electron chi connectivity index (χ2n) is 8.24. The number of hydrogen-bond donors (Lipinski definition) is 2. The molecule has 0 atom stereocenters. The minimum absolute atomic E-state index is 0. The van der Waals surface area contributed by atoms with Crippen molar-refractivity contribution in [1.82, 2.24) is 15.5 Å². The molecule has 1 heterocycles. The van der Waals surface area contributed by atoms with Crippen LogP contribution in [0.5, 0.6) is 0 Å². The molecule has 1 aliphatic rings. The first kappa shape index (κ1) is 26.5. The molecule has 3 rings (SSSR count). The van der Waals surface area contributed by atoms with Crippen LogP contribution in [0.2, 0.25) is 0 Å². The number of halogens is 2. The Morgan fingerprint density at radius 3 is 2.62 bits per heavy atom. The topological polar surface area (TPSA) is 48.9 Å². The predicted molar refractivity (Wildman–Crippen MR) is 140 cm³/mol. The van der Waals surface area contributed by atoms with Gasteiger partial charge in [0.1, 0.15) is 5.82 Å². The van der Waals surface area contributed by atoms with Crippen LogP contribution in [0, 0.1) is 12.7 Å². The Balaban J connectivity index is 0.00000363. The van der Waals surface area contributed by atoms with Crippen LogP contribution >= 0.6 is 24.0 Å². The Morgan fingerprint density at radius 2 is 1.94 bits per heavy atom. The van der Waals surface area contributed by atoms with E-state index in [4.69, 9.17) is 9.73 Å². The number of nitrogens with zero attached hydrogens (tertiary/aromatic N) is 2. The summed E-state index contributed by atoms with van der Waals surface area (Å²) in [5, 5.41) is 6.92. The molecule has 1 fully saturated rings. The molecule has 176 valence electrons. The van der Waals surface area contributed by atoms with Crippen LogP contribution in [0.3, 0.4) is 0 Å². The van der Waals surface area contributed by atoms with Gasteiger partial charge in [-0.1, -0.05) is 35.9 Å². The second-order valence-corrected chi connectivity index (χ2v) is 8.24. The summed E-state index contributed by atoms with van der Waals surface area (Å²) in [6.45, 7) is 8.93. The van der Waals surface area contributed by atoms with Gasteiger partial charge in [-0.25, -0.2) is 9.38 Å². The number of nitrogens with one attached hydrogen (secondary N) is 2. The normalized spacial score (nSPS) is 15.3. The second kappa shape index (κ2) is 13.7. The molecule has 0 aliphatic carbocycles. The molecule has 0 unspecified atom stereocenters. The van der Waals surface area contributed by atoms with E-state index in [1.165, 1.54) is 17.2 Å². The molecule has 0 amide bonds. The maximum Gasteiger partial charge on any atom is 0.191 e. The fourth-order valence-electron chi connectivity index (χ4n) is 3.98. The van der Waals surface area contributed by atoms with Gasteiger partial charge in [0.05, 0.1) is 13.2 Å². The molecule has 0 bridgehead atoms. The molecule has 2 N–H and O–H groups in total. The van der Waals surface area contributed by atoms with Crippen molar-refractivity contribution in [2.75, 3.05) is 26.7 Å². The maximum atomic E-state index is 13.8. The van der Waals surface area contributed by atoms with Crippen molar-refractivity contribution in [3.05, 3.63) is 70.5 Å². The molecule has 2 aromatic carbocycles. The highest BCUT2D eigenvalue weighted by Crippen LogP contribution is 2.15. The zero-order valence-corrected chi connectivity index (χ0v) is 21.7. The highest BCUT2D eigenvalue weighted by Gasteiger charge is 2.20. The lowest BCUT2D eigenvalue weighted by molar-refractivity contribution is 0.181. The Morgan fingerprint density at radius 1 is 1.16 bits per heavy atom. The molecular formula is C25H36FIN4O. The fourth-order valence-corrected chi connectivity index (χ4v) is 3.98. The summed E-state index contributed by atoms with van der Waals surface area (Å²) in [6, 6.07) is 14.3. The van der Waals surface area contributed by atoms with Crippen molar-refractivity contribution in [2.45, 2.75) is 52.4 Å². The van der Waals surface area contributed by atoms with E-state index in [-0.39, 0.29) is 36.4 Å². The van der Waals surface area contributed by atoms with Crippen LogP contribution in [0.4, 0.5) is 4.39 Å². The number of rotatable bonds is 8. The van der Waals surface area contributed by atoms with Crippen molar-refractivity contribution in [3.8, 4) is 0 Å². The molecule has 5 nitrogen and oxygen atoms in total. The summed E-state index contributed by atoms with van der Waals surface area (Å²) in [4.78, 5) is 7.24. The van der Waals surface area contributed by atoms with Gasteiger partial charge in [-0.05, 0) is 49.9 Å². The number of piperidine rings is 1. The molecular weight excluding hydrogens is 518 g/mol. The molecule has 2 aromatic rings. The van der Waals surface area contributed by atoms with Crippen LogP contribution < -0.4 is 10.6 Å². The van der Waals surface area contributed by atoms with Gasteiger partial charge in [-0.15, -0.1) is 24.0 Å². The standard InChI is InChI=1S/C25H35FN4O.HI/c1-4-27-25(28-16-20-8-9-24(26)22(15-20)18-31-3)29-23-10-12-30(13-11-23)17-21-7-5-6-19(2)14-21;/h5-9,14-15,23H,4,10-13,16-18H2,1-3H3,(H2,27,28,29);1H. The number of hydrogen-bond acceptors (Lipinski definition) is 3. The molecule has 1 aliphatic heterocycles. The minimum Gasteiger partial charge on any atom is -0.380 e. The van der Waals surface area contributed by atoms with E-state index in [9.17, 15) is 4.39 Å². The summed E-state index contributed by atoms with van der Waals surface area (Å²) < 4.78 is 18.9. The van der Waals surface area contributed by atoms with Crippen LogP contribution in [-0.4, -0.2) is 43.6 Å². The minimum atomic E-state index is -0.239. The van der Waals surface area contributed by atoms with Crippen LogP contribution in [0.1, 0.15) is 42.0 Å². The third-order valence-corrected chi connectivity index (χ3v) is 5.59. The smallest absolute Gasteiger partial charge is 0.191 e. The van der Waals surface area contributed by atoms with Gasteiger partial charge in [0.15, 0.2) is 5.96 Å². The Kier molecular flexibility index (Phi) is 11.4. The third kappa shape index (κ3) is 8.33. The zero-order chi connectivity index (χ0) is 22.1. The molecule has 32 heavy (non-hydrogen) atoms. The van der Waals surface area contributed by atoms with E-state index in [0.717, 1.165) is 50.5 Å². The SMILES string of the molecule is CCNC(=NCc1ccc(F)c(COC)c1)NC1CCN(Cc2cccc(C)c2)CC1.I. The molecule has 0 saturated carbocycles. The highest BCUT2D eigenvalue weighted by atomic mass is 127. The van der Waals surface area contributed by atoms with Gasteiger partial charge in [0, 0.05) is 44.9 Å². The van der Waals surface area contributed by atoms with Gasteiger partial charge in [-0.2, -0.15) is 0 Å². The van der Waals surface area contributed by atoms with Crippen molar-refractivity contribution in [3.63, 3.8) is 0 Å². The van der Waals surface area contributed by atoms with Gasteiger partial charge >= 0.3 is 0 Å². The number of aryl methyl sites for hydroxylation is 1. The third-order valence-electron chi connectivity index (χ3n) is 5.59. The van der Waals surface area contributed by atoms with Gasteiger partial charge in [0.25, 0.3) is 0 Å². The number of aliphatic imine (C=N–C) groups is 1. The van der Waals surface area contributed by atoms with E-state index in [1.54, 1.807) is 13.2 Å². The predicted octanol–water partition coefficient (Wildman–Crippen LogP) is 4.62. The lowest BCUT2D eigenvalue weighted by Gasteiger charge is -2.33. The van der Waals surface area contributed by atoms with E-state index in [1.807, 2.05) is 6.07 Å². The zero-order valence-electron chi connectivity index (χ0n) is 19.4. The Bertz CT molecular complexity index is 869. The van der Waals surface area contributed by atoms with E-state index in [2.05, 4.69) is 53.6 Å². The Hall–Kier alpha value is -1.71. The lowest BCUT2D eigenvalue weighted by atomic mass is 10.0. The quantitative estimate of drug-likeness (QED) is 0.284. The summed E-state index contributed by atoms with van der Waals surface area (Å²) >= 11 is 0. The van der Waals surface area contributed by atoms with E-state index < -0.39 is 0 Å². The number of benzene rings is 2. The van der Waals surface area contributed by atoms with Crippen LogP contribution in [-0.2, 0) is 24.4 Å². The molecule has 1 saturated heterocycles. The molecule has 0 aromatic heterocycles. The van der Waals surface area contributed by atoms with Gasteiger partial charge in [0.2, 0.25) is 0 Å². The van der Waals surface area contributed by atoms with Crippen LogP contribution in [0.15, 0.2) is 47.5 Å². The first-order valence-corrected chi connectivity index (χ1v) is 11.2. The highest BCUT2D eigenvalue weighted by molar-refractivity contribution is 14.0. The van der Waals surface area contributed by atoms with Crippen molar-refractivity contribution >= 4 is 29.9 Å². The monoisotopic (exact) mass is 554 g/mol. The summed E-state index contributed by atoms with van der Waals surface area (Å²) in [6.07, 6.45) is 2.18. The van der Waals surface area contributed by atoms with Crippen molar-refractivity contribution in [2.24, 2.45) is 4.99 Å².